The van der Waals surface area contributed by atoms with Gasteiger partial charge >= 0.3 is 0 Å². The zero-order chi connectivity index (χ0) is 0. The van der Waals surface area contributed by atoms with E-state index < -0.39 is 0 Å². The van der Waals surface area contributed by atoms with Crippen LogP contribution < -0.4 is 0 Å². The van der Waals surface area contributed by atoms with Gasteiger partial charge in [0.1, 0.15) is 0 Å². The van der Waals surface area contributed by atoms with E-state index in [4.69, 9.17) is 0 Å². The predicted octanol–water partition coefficient (Wildman–Crippen LogP) is -2.64. The molecule has 36 valence electrons. The third kappa shape index (κ3) is 23.6. The van der Waals surface area contributed by atoms with Crippen molar-refractivity contribution in [1.29, 1.82) is 0 Å². The monoisotopic (exact) mass is 342 g/mol. The molecule has 0 aliphatic carbocycles. The van der Waals surface area contributed by atoms with E-state index in [0.717, 1.165) is 0 Å². The standard InChI is InChI=1S/BH3.Co.Fe.H4Si.Ta/h1H3;;;1H4;. The van der Waals surface area contributed by atoms with Crippen LogP contribution in [0.25, 0.3) is 0 Å². The summed E-state index contributed by atoms with van der Waals surface area (Å²) in [6.45, 7) is 0. The van der Waals surface area contributed by atoms with E-state index in [2.05, 4.69) is 0 Å². The average molecular weight is 342 g/mol. The molecule has 0 N–H and O–H groups in total. The van der Waals surface area contributed by atoms with Gasteiger partial charge in [-0.1, -0.05) is 0 Å². The maximum atomic E-state index is 0. The number of hydrogen-bond donors (Lipinski definition) is 0. The Kier molecular flexibility index (Phi) is 452. The van der Waals surface area contributed by atoms with Crippen LogP contribution in [0.4, 0.5) is 0 Å². The van der Waals surface area contributed by atoms with E-state index in [-0.39, 0.29) is 75.6 Å². The van der Waals surface area contributed by atoms with Crippen LogP contribution in [0.5, 0.6) is 0 Å². The molecule has 0 aromatic heterocycles. The topological polar surface area (TPSA) is 0 Å². The zero-order valence-corrected chi connectivity index (χ0v) is 6.49. The van der Waals surface area contributed by atoms with E-state index in [1.165, 1.54) is 0 Å². The summed E-state index contributed by atoms with van der Waals surface area (Å²) in [5.74, 6) is 0. The molecule has 5 heavy (non-hydrogen) atoms. The van der Waals surface area contributed by atoms with Crippen molar-refractivity contribution in [2.45, 2.75) is 0 Å². The van der Waals surface area contributed by atoms with Gasteiger partial charge in [0.15, 0.2) is 0 Å². The summed E-state index contributed by atoms with van der Waals surface area (Å²) in [6.07, 6.45) is 0. The first-order valence-corrected chi connectivity index (χ1v) is 0. The molecule has 0 bridgehead atoms. The SMILES string of the molecule is B.[Co].[Fe].[SiH4].[Ta]. The van der Waals surface area contributed by atoms with Gasteiger partial charge in [-0.05, 0) is 11.0 Å². The van der Waals surface area contributed by atoms with Gasteiger partial charge in [0.25, 0.3) is 0 Å². The van der Waals surface area contributed by atoms with Crippen LogP contribution in [0.2, 0.25) is 0 Å². The van der Waals surface area contributed by atoms with Crippen molar-refractivity contribution in [3.8, 4) is 0 Å². The molecule has 0 saturated heterocycles. The van der Waals surface area contributed by atoms with Crippen LogP contribution in [0, 0.1) is 0 Å². The maximum Gasteiger partial charge on any atom is 0.0814 e. The number of rotatable bonds is 0. The molecule has 0 fully saturated rings. The molecular formula is H7BCoFeSiTa. The van der Waals surface area contributed by atoms with Crippen LogP contribution in [-0.2, 0) is 56.2 Å². The molecule has 0 rings (SSSR count). The van der Waals surface area contributed by atoms with Gasteiger partial charge in [-0.25, -0.2) is 0 Å². The van der Waals surface area contributed by atoms with Gasteiger partial charge in [0.05, 0.1) is 8.41 Å². The molecule has 0 unspecified atom stereocenters. The van der Waals surface area contributed by atoms with Crippen molar-refractivity contribution in [1.82, 2.24) is 0 Å². The normalized spacial score (nSPS) is 0. The van der Waals surface area contributed by atoms with Crippen molar-refractivity contribution in [3.63, 3.8) is 0 Å². The fourth-order valence-corrected chi connectivity index (χ4v) is 0. The van der Waals surface area contributed by atoms with Gasteiger partial charge < -0.3 is 0 Å². The third-order valence-electron chi connectivity index (χ3n) is 0. The summed E-state index contributed by atoms with van der Waals surface area (Å²) in [5, 5.41) is 0. The molecule has 0 spiro atoms. The molecule has 0 atom stereocenters. The molecule has 0 nitrogen and oxygen atoms in total. The second-order valence-electron chi connectivity index (χ2n) is 0. The molecule has 0 amide bonds. The van der Waals surface area contributed by atoms with E-state index in [1.807, 2.05) is 0 Å². The molecule has 0 saturated carbocycles. The molecule has 0 aromatic carbocycles. The average Bonchev–Trinajstić information content (AvgIpc) is 0. The summed E-state index contributed by atoms with van der Waals surface area (Å²) in [7, 11) is 0. The van der Waals surface area contributed by atoms with Crippen LogP contribution >= 0.6 is 0 Å². The Morgan fingerprint density at radius 2 is 1.00 bits per heavy atom. The van der Waals surface area contributed by atoms with Crippen molar-refractivity contribution in [2.75, 3.05) is 0 Å². The summed E-state index contributed by atoms with van der Waals surface area (Å²) < 4.78 is 0. The van der Waals surface area contributed by atoms with Crippen molar-refractivity contribution >= 4 is 19.4 Å². The Labute approximate surface area is 75.0 Å². The second kappa shape index (κ2) is 36.7. The summed E-state index contributed by atoms with van der Waals surface area (Å²) in [4.78, 5) is 0. The van der Waals surface area contributed by atoms with Crippen LogP contribution in [0.1, 0.15) is 0 Å². The van der Waals surface area contributed by atoms with Gasteiger partial charge in [0.2, 0.25) is 0 Å². The first kappa shape index (κ1) is 61.5. The quantitative estimate of drug-likeness (QED) is 0.423. The van der Waals surface area contributed by atoms with Crippen molar-refractivity contribution in [2.24, 2.45) is 0 Å². The van der Waals surface area contributed by atoms with Crippen LogP contribution in [-0.4, -0.2) is 19.4 Å². The van der Waals surface area contributed by atoms with Gasteiger partial charge in [0, 0.05) is 56.2 Å². The van der Waals surface area contributed by atoms with Gasteiger partial charge in [-0.2, -0.15) is 0 Å². The molecule has 0 heterocycles. The van der Waals surface area contributed by atoms with Crippen molar-refractivity contribution < 1.29 is 56.2 Å². The minimum Gasteiger partial charge on any atom is -0.0149 e. The summed E-state index contributed by atoms with van der Waals surface area (Å²) >= 11 is 0. The largest absolute Gasteiger partial charge is 0.0814 e. The molecule has 0 aliphatic heterocycles. The Balaban J connectivity index is 0. The van der Waals surface area contributed by atoms with E-state index in [1.54, 1.807) is 0 Å². The Bertz CT molecular complexity index is 11.6. The fourth-order valence-electron chi connectivity index (χ4n) is 0. The smallest absolute Gasteiger partial charge is 0.0149 e. The fraction of sp³-hybridized carbons (Fsp3) is 0. The van der Waals surface area contributed by atoms with Crippen LogP contribution in [0.3, 0.4) is 0 Å². The van der Waals surface area contributed by atoms with E-state index in [0.29, 0.717) is 0 Å². The molecule has 0 aliphatic rings. The van der Waals surface area contributed by atoms with E-state index >= 15 is 0 Å². The van der Waals surface area contributed by atoms with Crippen LogP contribution in [0.15, 0.2) is 0 Å². The maximum absolute atomic E-state index is 0. The van der Waals surface area contributed by atoms with Crippen molar-refractivity contribution in [3.05, 3.63) is 0 Å². The molecule has 0 aromatic rings. The molecule has 2 radical (unpaired) electrons. The third-order valence-corrected chi connectivity index (χ3v) is 0. The summed E-state index contributed by atoms with van der Waals surface area (Å²) in [5.41, 5.74) is 0. The Morgan fingerprint density at radius 3 is 1.00 bits per heavy atom. The Hall–Kier alpha value is 2.05. The molecule has 5 heteroatoms. The minimum atomic E-state index is 0. The first-order chi connectivity index (χ1) is 0. The predicted molar refractivity (Wildman–Crippen MR) is 21.3 cm³/mol. The summed E-state index contributed by atoms with van der Waals surface area (Å²) in [6, 6.07) is 0. The van der Waals surface area contributed by atoms with Gasteiger partial charge in [-0.3, -0.25) is 0 Å². The second-order valence-corrected chi connectivity index (χ2v) is 0. The molecular weight excluding hydrogens is 335 g/mol. The number of hydrogen-bond acceptors (Lipinski definition) is 0. The van der Waals surface area contributed by atoms with E-state index in [9.17, 15) is 0 Å². The Morgan fingerprint density at radius 1 is 1.00 bits per heavy atom. The first-order valence-electron chi connectivity index (χ1n) is 0. The zero-order valence-electron chi connectivity index (χ0n) is 1.13. The minimum absolute atomic E-state index is 0. The van der Waals surface area contributed by atoms with Gasteiger partial charge in [-0.15, -0.1) is 0 Å².